The Labute approximate surface area is 102 Å². The van der Waals surface area contributed by atoms with Gasteiger partial charge in [0.2, 0.25) is 10.0 Å². The van der Waals surface area contributed by atoms with Crippen LogP contribution in [0.3, 0.4) is 0 Å². The summed E-state index contributed by atoms with van der Waals surface area (Å²) >= 11 is 0. The predicted octanol–water partition coefficient (Wildman–Crippen LogP) is 0.290. The molecular weight excluding hydrogens is 246 g/mol. The van der Waals surface area contributed by atoms with Crippen molar-refractivity contribution in [2.75, 3.05) is 19.7 Å². The van der Waals surface area contributed by atoms with Gasteiger partial charge >= 0.3 is 5.97 Å². The Kier molecular flexibility index (Phi) is 4.91. The fourth-order valence-corrected chi connectivity index (χ4v) is 3.22. The van der Waals surface area contributed by atoms with E-state index in [0.717, 1.165) is 12.8 Å². The van der Waals surface area contributed by atoms with Crippen molar-refractivity contribution in [1.29, 1.82) is 0 Å². The van der Waals surface area contributed by atoms with E-state index < -0.39 is 21.2 Å². The molecule has 2 unspecified atom stereocenters. The van der Waals surface area contributed by atoms with Crippen molar-refractivity contribution in [3.63, 3.8) is 0 Å². The zero-order valence-corrected chi connectivity index (χ0v) is 10.9. The smallest absolute Gasteiger partial charge is 0.323 e. The molecule has 0 aromatic heterocycles. The topological polar surface area (TPSA) is 83.9 Å². The molecule has 0 amide bonds. The lowest BCUT2D eigenvalue weighted by Gasteiger charge is -2.25. The van der Waals surface area contributed by atoms with Crippen molar-refractivity contribution < 1.29 is 23.1 Å². The Hall–Kier alpha value is -0.660. The van der Waals surface area contributed by atoms with E-state index in [1.807, 2.05) is 0 Å². The van der Waals surface area contributed by atoms with Crippen molar-refractivity contribution in [3.8, 4) is 0 Å². The van der Waals surface area contributed by atoms with Crippen LogP contribution in [-0.4, -0.2) is 54.8 Å². The first-order chi connectivity index (χ1) is 7.89. The fraction of sp³-hybridized carbons (Fsp3) is 0.900. The number of rotatable bonds is 6. The zero-order valence-electron chi connectivity index (χ0n) is 10.1. The van der Waals surface area contributed by atoms with Gasteiger partial charge in [-0.05, 0) is 19.8 Å². The number of aliphatic carboxylic acids is 1. The highest BCUT2D eigenvalue weighted by atomic mass is 32.2. The van der Waals surface area contributed by atoms with E-state index in [1.54, 1.807) is 6.92 Å². The van der Waals surface area contributed by atoms with E-state index in [9.17, 15) is 13.2 Å². The molecule has 0 bridgehead atoms. The molecule has 0 aromatic carbocycles. The van der Waals surface area contributed by atoms with Crippen molar-refractivity contribution in [1.82, 2.24) is 4.31 Å². The Morgan fingerprint density at radius 3 is 2.65 bits per heavy atom. The lowest BCUT2D eigenvalue weighted by atomic mass is 10.2. The lowest BCUT2D eigenvalue weighted by molar-refractivity contribution is -0.136. The molecule has 0 aromatic rings. The third-order valence-electron chi connectivity index (χ3n) is 2.94. The van der Waals surface area contributed by atoms with E-state index in [0.29, 0.717) is 6.61 Å². The van der Waals surface area contributed by atoms with Crippen LogP contribution in [0.1, 0.15) is 26.7 Å². The maximum absolute atomic E-state index is 12.0. The van der Waals surface area contributed by atoms with Crippen LogP contribution in [0.25, 0.3) is 0 Å². The summed E-state index contributed by atoms with van der Waals surface area (Å²) in [6.07, 6.45) is 1.65. The molecule has 0 aliphatic carbocycles. The number of hydrogen-bond donors (Lipinski definition) is 1. The number of sulfonamides is 1. The molecule has 17 heavy (non-hydrogen) atoms. The van der Waals surface area contributed by atoms with Gasteiger partial charge in [-0.2, -0.15) is 4.31 Å². The molecule has 6 nitrogen and oxygen atoms in total. The molecule has 2 atom stereocenters. The van der Waals surface area contributed by atoms with Crippen molar-refractivity contribution in [2.45, 2.75) is 38.0 Å². The molecular formula is C10H19NO5S. The van der Waals surface area contributed by atoms with Gasteiger partial charge in [0.05, 0.1) is 6.10 Å². The third-order valence-corrected chi connectivity index (χ3v) is 5.16. The summed E-state index contributed by atoms with van der Waals surface area (Å²) in [6, 6.07) is 0. The second kappa shape index (κ2) is 5.79. The third kappa shape index (κ3) is 3.40. The maximum atomic E-state index is 12.0. The molecule has 1 aliphatic heterocycles. The minimum absolute atomic E-state index is 0.106. The molecule has 1 aliphatic rings. The summed E-state index contributed by atoms with van der Waals surface area (Å²) in [7, 11) is -3.78. The number of ether oxygens (including phenoxy) is 1. The molecule has 1 heterocycles. The molecule has 0 radical (unpaired) electrons. The summed E-state index contributed by atoms with van der Waals surface area (Å²) in [6.45, 7) is 4.05. The lowest BCUT2D eigenvalue weighted by Crippen LogP contribution is -2.44. The normalized spacial score (nSPS) is 22.9. The minimum Gasteiger partial charge on any atom is -0.480 e. The molecule has 1 saturated heterocycles. The van der Waals surface area contributed by atoms with Gasteiger partial charge in [0.25, 0.3) is 0 Å². The summed E-state index contributed by atoms with van der Waals surface area (Å²) in [5.74, 6) is -1.32. The Bertz CT molecular complexity index is 361. The quantitative estimate of drug-likeness (QED) is 0.746. The van der Waals surface area contributed by atoms with Crippen LogP contribution < -0.4 is 0 Å². The highest BCUT2D eigenvalue weighted by molar-refractivity contribution is 7.90. The van der Waals surface area contributed by atoms with E-state index in [1.165, 1.54) is 11.2 Å². The molecule has 0 saturated carbocycles. The van der Waals surface area contributed by atoms with Crippen molar-refractivity contribution in [2.24, 2.45) is 0 Å². The monoisotopic (exact) mass is 265 g/mol. The number of carboxylic acids is 1. The SMILES string of the molecule is CCN(CC1CCCO1)S(=O)(=O)C(C)C(=O)O. The highest BCUT2D eigenvalue weighted by Crippen LogP contribution is 2.17. The van der Waals surface area contributed by atoms with E-state index in [-0.39, 0.29) is 19.2 Å². The average Bonchev–Trinajstić information content (AvgIpc) is 2.76. The van der Waals surface area contributed by atoms with Crippen LogP contribution in [-0.2, 0) is 19.6 Å². The fourth-order valence-electron chi connectivity index (χ4n) is 1.78. The average molecular weight is 265 g/mol. The number of nitrogens with zero attached hydrogens (tertiary/aromatic N) is 1. The van der Waals surface area contributed by atoms with Crippen LogP contribution in [0.5, 0.6) is 0 Å². The van der Waals surface area contributed by atoms with Crippen molar-refractivity contribution >= 4 is 16.0 Å². The van der Waals surface area contributed by atoms with Crippen LogP contribution in [0.2, 0.25) is 0 Å². The Morgan fingerprint density at radius 2 is 2.24 bits per heavy atom. The molecule has 7 heteroatoms. The number of carboxylic acid groups (broad SMARTS) is 1. The Balaban J connectivity index is 2.74. The van der Waals surface area contributed by atoms with Crippen molar-refractivity contribution in [3.05, 3.63) is 0 Å². The van der Waals surface area contributed by atoms with Gasteiger partial charge < -0.3 is 9.84 Å². The van der Waals surface area contributed by atoms with Gasteiger partial charge in [-0.25, -0.2) is 8.42 Å². The van der Waals surface area contributed by atoms with Crippen LogP contribution in [0, 0.1) is 0 Å². The standard InChI is InChI=1S/C10H19NO5S/c1-3-11(7-9-5-4-6-16-9)17(14,15)8(2)10(12)13/h8-9H,3-7H2,1-2H3,(H,12,13). The summed E-state index contributed by atoms with van der Waals surface area (Å²) in [5, 5.41) is 7.37. The summed E-state index contributed by atoms with van der Waals surface area (Å²) in [5.41, 5.74) is 0. The minimum atomic E-state index is -3.78. The summed E-state index contributed by atoms with van der Waals surface area (Å²) < 4.78 is 30.5. The van der Waals surface area contributed by atoms with Gasteiger partial charge in [-0.1, -0.05) is 6.92 Å². The van der Waals surface area contributed by atoms with Crippen LogP contribution in [0.15, 0.2) is 0 Å². The van der Waals surface area contributed by atoms with Crippen LogP contribution in [0.4, 0.5) is 0 Å². The number of hydrogen-bond acceptors (Lipinski definition) is 4. The largest absolute Gasteiger partial charge is 0.480 e. The second-order valence-corrected chi connectivity index (χ2v) is 6.36. The maximum Gasteiger partial charge on any atom is 0.323 e. The van der Waals surface area contributed by atoms with Gasteiger partial charge in [0.15, 0.2) is 5.25 Å². The van der Waals surface area contributed by atoms with Gasteiger partial charge in [-0.15, -0.1) is 0 Å². The summed E-state index contributed by atoms with van der Waals surface area (Å²) in [4.78, 5) is 10.8. The van der Waals surface area contributed by atoms with E-state index in [2.05, 4.69) is 0 Å². The van der Waals surface area contributed by atoms with Gasteiger partial charge in [0, 0.05) is 19.7 Å². The second-order valence-electron chi connectivity index (χ2n) is 4.11. The first kappa shape index (κ1) is 14.4. The molecule has 1 rings (SSSR count). The number of likely N-dealkylation sites (N-methyl/N-ethyl adjacent to an activating group) is 1. The van der Waals surface area contributed by atoms with Crippen LogP contribution >= 0.6 is 0 Å². The molecule has 100 valence electrons. The molecule has 1 fully saturated rings. The molecule has 0 spiro atoms. The van der Waals surface area contributed by atoms with E-state index in [4.69, 9.17) is 9.84 Å². The Morgan fingerprint density at radius 1 is 1.59 bits per heavy atom. The van der Waals surface area contributed by atoms with Gasteiger partial charge in [0.1, 0.15) is 0 Å². The zero-order chi connectivity index (χ0) is 13.1. The number of carbonyl (C=O) groups is 1. The highest BCUT2D eigenvalue weighted by Gasteiger charge is 2.34. The van der Waals surface area contributed by atoms with Gasteiger partial charge in [-0.3, -0.25) is 4.79 Å². The van der Waals surface area contributed by atoms with E-state index >= 15 is 0 Å². The predicted molar refractivity (Wildman–Crippen MR) is 62.2 cm³/mol. The first-order valence-electron chi connectivity index (χ1n) is 5.73. The molecule has 1 N–H and O–H groups in total. The first-order valence-corrected chi connectivity index (χ1v) is 7.23.